The lowest BCUT2D eigenvalue weighted by Gasteiger charge is -2.14. The molecule has 1 aromatic heterocycles. The van der Waals surface area contributed by atoms with Crippen molar-refractivity contribution < 1.29 is 4.79 Å². The number of benzene rings is 1. The number of nitrogens with one attached hydrogen (secondary N) is 1. The van der Waals surface area contributed by atoms with Crippen molar-refractivity contribution >= 4 is 23.4 Å². The molecule has 3 rings (SSSR count). The van der Waals surface area contributed by atoms with Gasteiger partial charge in [0.1, 0.15) is 11.1 Å². The van der Waals surface area contributed by atoms with Gasteiger partial charge in [-0.1, -0.05) is 30.3 Å². The first-order chi connectivity index (χ1) is 12.6. The molecule has 0 saturated carbocycles. The molecule has 4 nitrogen and oxygen atoms in total. The van der Waals surface area contributed by atoms with Gasteiger partial charge in [0.2, 0.25) is 5.91 Å². The Balaban J connectivity index is 1.76. The topological polar surface area (TPSA) is 65.8 Å². The normalized spacial score (nSPS) is 14.7. The van der Waals surface area contributed by atoms with Crippen molar-refractivity contribution in [2.45, 2.75) is 56.2 Å². The summed E-state index contributed by atoms with van der Waals surface area (Å²) in [6, 6.07) is 12.0. The molecular formula is C21H23N3OS. The molecule has 0 aliphatic heterocycles. The molecule has 26 heavy (non-hydrogen) atoms. The first kappa shape index (κ1) is 18.5. The SMILES string of the molecule is Cc1cccc(NC(=O)C(C)Sc2nc3c(cc2C#N)CCCCC3)c1. The molecule has 1 amide bonds. The standard InChI is InChI=1S/C21H23N3OS/c1-14-7-6-9-18(11-14)23-20(25)15(2)26-21-17(13-22)12-16-8-4-3-5-10-19(16)24-21/h6-7,9,11-12,15H,3-5,8,10H2,1-2H3,(H,23,25). The van der Waals surface area contributed by atoms with E-state index >= 15 is 0 Å². The van der Waals surface area contributed by atoms with E-state index < -0.39 is 0 Å². The number of amides is 1. The van der Waals surface area contributed by atoms with Gasteiger partial charge in [-0.3, -0.25) is 4.79 Å². The molecule has 1 heterocycles. The van der Waals surface area contributed by atoms with Crippen LogP contribution in [0.25, 0.3) is 0 Å². The Morgan fingerprint density at radius 3 is 2.85 bits per heavy atom. The average molecular weight is 366 g/mol. The van der Waals surface area contributed by atoms with Crippen molar-refractivity contribution in [1.29, 1.82) is 5.26 Å². The van der Waals surface area contributed by atoms with Crippen molar-refractivity contribution in [2.24, 2.45) is 0 Å². The van der Waals surface area contributed by atoms with Crippen LogP contribution in [0.3, 0.4) is 0 Å². The smallest absolute Gasteiger partial charge is 0.237 e. The second kappa shape index (κ2) is 8.37. The van der Waals surface area contributed by atoms with E-state index in [1.54, 1.807) is 0 Å². The van der Waals surface area contributed by atoms with E-state index in [1.165, 1.54) is 23.7 Å². The maximum atomic E-state index is 12.5. The summed E-state index contributed by atoms with van der Waals surface area (Å²) in [6.45, 7) is 3.84. The molecule has 0 radical (unpaired) electrons. The van der Waals surface area contributed by atoms with Crippen LogP contribution in [-0.4, -0.2) is 16.1 Å². The highest BCUT2D eigenvalue weighted by Gasteiger charge is 2.20. The molecule has 0 spiro atoms. The summed E-state index contributed by atoms with van der Waals surface area (Å²) in [6.07, 6.45) is 5.45. The second-order valence-electron chi connectivity index (χ2n) is 6.74. The second-order valence-corrected chi connectivity index (χ2v) is 8.07. The monoisotopic (exact) mass is 365 g/mol. The highest BCUT2D eigenvalue weighted by molar-refractivity contribution is 8.00. The van der Waals surface area contributed by atoms with Crippen molar-refractivity contribution in [1.82, 2.24) is 4.98 Å². The fourth-order valence-corrected chi connectivity index (χ4v) is 4.04. The number of carbonyl (C=O) groups excluding carboxylic acids is 1. The molecular weight excluding hydrogens is 342 g/mol. The van der Waals surface area contributed by atoms with E-state index in [-0.39, 0.29) is 11.2 Å². The lowest BCUT2D eigenvalue weighted by atomic mass is 10.1. The van der Waals surface area contributed by atoms with E-state index in [2.05, 4.69) is 11.4 Å². The van der Waals surface area contributed by atoms with E-state index in [0.717, 1.165) is 42.6 Å². The van der Waals surface area contributed by atoms with Crippen molar-refractivity contribution in [3.8, 4) is 6.07 Å². The van der Waals surface area contributed by atoms with Gasteiger partial charge in [-0.15, -0.1) is 0 Å². The molecule has 1 unspecified atom stereocenters. The van der Waals surface area contributed by atoms with Crippen molar-refractivity contribution in [3.63, 3.8) is 0 Å². The van der Waals surface area contributed by atoms with Gasteiger partial charge >= 0.3 is 0 Å². The number of hydrogen-bond acceptors (Lipinski definition) is 4. The maximum absolute atomic E-state index is 12.5. The quantitative estimate of drug-likeness (QED) is 0.633. The van der Waals surface area contributed by atoms with Gasteiger partial charge in [-0.25, -0.2) is 4.98 Å². The molecule has 1 N–H and O–H groups in total. The Morgan fingerprint density at radius 2 is 2.08 bits per heavy atom. The predicted octanol–water partition coefficient (Wildman–Crippen LogP) is 4.65. The summed E-state index contributed by atoms with van der Waals surface area (Å²) >= 11 is 1.36. The first-order valence-corrected chi connectivity index (χ1v) is 9.92. The zero-order valence-electron chi connectivity index (χ0n) is 15.2. The lowest BCUT2D eigenvalue weighted by molar-refractivity contribution is -0.115. The summed E-state index contributed by atoms with van der Waals surface area (Å²) < 4.78 is 0. The minimum atomic E-state index is -0.334. The molecule has 134 valence electrons. The third kappa shape index (κ3) is 4.44. The van der Waals surface area contributed by atoms with Crippen LogP contribution >= 0.6 is 11.8 Å². The van der Waals surface area contributed by atoms with Crippen molar-refractivity contribution in [3.05, 3.63) is 52.7 Å². The highest BCUT2D eigenvalue weighted by atomic mass is 32.2. The van der Waals surface area contributed by atoms with Gasteiger partial charge in [0.15, 0.2) is 0 Å². The molecule has 1 aliphatic rings. The van der Waals surface area contributed by atoms with Crippen LogP contribution in [0.1, 0.15) is 48.6 Å². The third-order valence-electron chi connectivity index (χ3n) is 4.58. The van der Waals surface area contributed by atoms with Crippen LogP contribution in [0.4, 0.5) is 5.69 Å². The minimum absolute atomic E-state index is 0.0822. The molecule has 0 saturated heterocycles. The Morgan fingerprint density at radius 1 is 1.27 bits per heavy atom. The Bertz CT molecular complexity index is 857. The Hall–Kier alpha value is -2.32. The number of aryl methyl sites for hydroxylation is 3. The molecule has 0 bridgehead atoms. The summed E-state index contributed by atoms with van der Waals surface area (Å²) in [4.78, 5) is 17.3. The van der Waals surface area contributed by atoms with E-state index in [1.807, 2.05) is 44.2 Å². The van der Waals surface area contributed by atoms with Crippen LogP contribution in [0, 0.1) is 18.3 Å². The Kier molecular flexibility index (Phi) is 5.95. The summed E-state index contributed by atoms with van der Waals surface area (Å²) in [5.74, 6) is -0.0822. The van der Waals surface area contributed by atoms with Crippen LogP contribution < -0.4 is 5.32 Å². The van der Waals surface area contributed by atoms with Crippen LogP contribution in [0.15, 0.2) is 35.4 Å². The number of thioether (sulfide) groups is 1. The number of rotatable bonds is 4. The number of fused-ring (bicyclic) bond motifs is 1. The number of anilines is 1. The van der Waals surface area contributed by atoms with Crippen molar-refractivity contribution in [2.75, 3.05) is 5.32 Å². The number of hydrogen-bond donors (Lipinski definition) is 1. The molecule has 1 aromatic carbocycles. The zero-order chi connectivity index (χ0) is 18.5. The van der Waals surface area contributed by atoms with Crippen LogP contribution in [-0.2, 0) is 17.6 Å². The molecule has 0 fully saturated rings. The highest BCUT2D eigenvalue weighted by Crippen LogP contribution is 2.29. The summed E-state index contributed by atoms with van der Waals surface area (Å²) in [7, 11) is 0. The number of nitrogens with zero attached hydrogens (tertiary/aromatic N) is 2. The Labute approximate surface area is 159 Å². The number of aromatic nitrogens is 1. The fraction of sp³-hybridized carbons (Fsp3) is 0.381. The summed E-state index contributed by atoms with van der Waals surface area (Å²) in [5, 5.41) is 12.8. The fourth-order valence-electron chi connectivity index (χ4n) is 3.15. The number of nitriles is 1. The first-order valence-electron chi connectivity index (χ1n) is 9.04. The van der Waals surface area contributed by atoms with Gasteiger partial charge < -0.3 is 5.32 Å². The molecule has 1 aliphatic carbocycles. The summed E-state index contributed by atoms with van der Waals surface area (Å²) in [5.41, 5.74) is 4.75. The van der Waals surface area contributed by atoms with E-state index in [4.69, 9.17) is 4.98 Å². The maximum Gasteiger partial charge on any atom is 0.237 e. The molecule has 2 aromatic rings. The van der Waals surface area contributed by atoms with Gasteiger partial charge in [0.05, 0.1) is 10.8 Å². The van der Waals surface area contributed by atoms with Gasteiger partial charge in [0.25, 0.3) is 0 Å². The molecule has 5 heteroatoms. The number of carbonyl (C=O) groups is 1. The molecule has 1 atom stereocenters. The van der Waals surface area contributed by atoms with Crippen LogP contribution in [0.5, 0.6) is 0 Å². The van der Waals surface area contributed by atoms with Gasteiger partial charge in [0, 0.05) is 11.4 Å². The predicted molar refractivity (Wildman–Crippen MR) is 105 cm³/mol. The van der Waals surface area contributed by atoms with Gasteiger partial charge in [-0.2, -0.15) is 5.26 Å². The largest absolute Gasteiger partial charge is 0.325 e. The van der Waals surface area contributed by atoms with Gasteiger partial charge in [-0.05, 0) is 68.9 Å². The average Bonchev–Trinajstić information content (AvgIpc) is 2.85. The van der Waals surface area contributed by atoms with E-state index in [9.17, 15) is 10.1 Å². The minimum Gasteiger partial charge on any atom is -0.325 e. The van der Waals surface area contributed by atoms with E-state index in [0.29, 0.717) is 10.6 Å². The number of pyridine rings is 1. The lowest BCUT2D eigenvalue weighted by Crippen LogP contribution is -2.22. The zero-order valence-corrected chi connectivity index (χ0v) is 16.0. The van der Waals surface area contributed by atoms with Crippen LogP contribution in [0.2, 0.25) is 0 Å². The third-order valence-corrected chi connectivity index (χ3v) is 5.68.